The number of aromatic nitrogens is 4. The SMILES string of the molecule is CC(C)(CCn1cnc2ccc(-c3cn(C(c4ccccc4)(c4ccccc4)c4ccccc4)nc3-c3c(F)cccc3F)cc21)C(=O)O. The number of aliphatic carboxylic acids is 1. The summed E-state index contributed by atoms with van der Waals surface area (Å²) in [7, 11) is 0. The molecule has 0 aliphatic carbocycles. The van der Waals surface area contributed by atoms with Gasteiger partial charge in [0.05, 0.1) is 28.3 Å². The molecule has 244 valence electrons. The summed E-state index contributed by atoms with van der Waals surface area (Å²) in [5.41, 5.74) is 3.41. The van der Waals surface area contributed by atoms with Crippen molar-refractivity contribution in [1.29, 1.82) is 0 Å². The van der Waals surface area contributed by atoms with Crippen molar-refractivity contribution < 1.29 is 18.7 Å². The molecule has 0 spiro atoms. The number of rotatable bonds is 10. The van der Waals surface area contributed by atoms with Gasteiger partial charge >= 0.3 is 5.97 Å². The first-order chi connectivity index (χ1) is 23.7. The molecule has 1 N–H and O–H groups in total. The Kier molecular flexibility index (Phi) is 8.16. The monoisotopic (exact) mass is 652 g/mol. The van der Waals surface area contributed by atoms with Crippen LogP contribution in [0.5, 0.6) is 0 Å². The maximum absolute atomic E-state index is 15.7. The summed E-state index contributed by atoms with van der Waals surface area (Å²) in [4.78, 5) is 16.4. The summed E-state index contributed by atoms with van der Waals surface area (Å²) in [5, 5.41) is 14.8. The third-order valence-electron chi connectivity index (χ3n) is 9.32. The smallest absolute Gasteiger partial charge is 0.309 e. The average molecular weight is 653 g/mol. The topological polar surface area (TPSA) is 72.9 Å². The zero-order chi connectivity index (χ0) is 34.2. The van der Waals surface area contributed by atoms with E-state index in [-0.39, 0.29) is 11.3 Å². The number of aryl methyl sites for hydroxylation is 1. The first-order valence-corrected chi connectivity index (χ1v) is 16.1. The van der Waals surface area contributed by atoms with Gasteiger partial charge < -0.3 is 9.67 Å². The number of carbonyl (C=O) groups is 1. The van der Waals surface area contributed by atoms with Crippen LogP contribution in [0.2, 0.25) is 0 Å². The molecule has 0 radical (unpaired) electrons. The fourth-order valence-corrected chi connectivity index (χ4v) is 6.51. The van der Waals surface area contributed by atoms with Crippen LogP contribution in [0.3, 0.4) is 0 Å². The number of hydrogen-bond donors (Lipinski definition) is 1. The van der Waals surface area contributed by atoms with Gasteiger partial charge in [-0.3, -0.25) is 9.48 Å². The minimum absolute atomic E-state index is 0.153. The number of hydrogen-bond acceptors (Lipinski definition) is 3. The lowest BCUT2D eigenvalue weighted by atomic mass is 9.77. The van der Waals surface area contributed by atoms with Crippen molar-refractivity contribution >= 4 is 17.0 Å². The first-order valence-electron chi connectivity index (χ1n) is 16.1. The van der Waals surface area contributed by atoms with Crippen LogP contribution in [0.25, 0.3) is 33.4 Å². The number of halogens is 2. The molecular weight excluding hydrogens is 618 g/mol. The van der Waals surface area contributed by atoms with E-state index in [2.05, 4.69) is 4.98 Å². The van der Waals surface area contributed by atoms with Crippen molar-refractivity contribution in [3.8, 4) is 22.4 Å². The van der Waals surface area contributed by atoms with E-state index in [0.29, 0.717) is 24.1 Å². The third kappa shape index (κ3) is 5.59. The minimum atomic E-state index is -1.02. The highest BCUT2D eigenvalue weighted by Crippen LogP contribution is 2.44. The second-order valence-electron chi connectivity index (χ2n) is 12.8. The number of imidazole rings is 1. The number of benzene rings is 5. The van der Waals surface area contributed by atoms with E-state index in [9.17, 15) is 9.90 Å². The van der Waals surface area contributed by atoms with Crippen LogP contribution in [0.4, 0.5) is 8.78 Å². The van der Waals surface area contributed by atoms with Crippen LogP contribution in [0.1, 0.15) is 37.0 Å². The Bertz CT molecular complexity index is 2140. The molecule has 2 aromatic heterocycles. The quantitative estimate of drug-likeness (QED) is 0.150. The molecule has 8 heteroatoms. The first kappa shape index (κ1) is 31.7. The maximum atomic E-state index is 15.7. The summed E-state index contributed by atoms with van der Waals surface area (Å²) >= 11 is 0. The molecule has 0 aliphatic rings. The van der Waals surface area contributed by atoms with E-state index in [1.54, 1.807) is 20.2 Å². The van der Waals surface area contributed by atoms with Crippen molar-refractivity contribution in [2.45, 2.75) is 32.4 Å². The van der Waals surface area contributed by atoms with Gasteiger partial charge in [-0.05, 0) is 66.8 Å². The molecule has 6 nitrogen and oxygen atoms in total. The Labute approximate surface area is 282 Å². The number of carboxylic acid groups (broad SMARTS) is 1. The standard InChI is InChI=1S/C41H34F2N4O2/c1-40(2,39(48)49)23-24-46-27-44-35-22-21-28(25-36(35)46)32-26-47(45-38(32)37-33(42)19-12-20-34(37)43)41(29-13-6-3-7-14-29,30-15-8-4-9-16-30)31-17-10-5-11-18-31/h3-22,25-27H,23-24H2,1-2H3,(H,48,49). The predicted molar refractivity (Wildman–Crippen MR) is 187 cm³/mol. The van der Waals surface area contributed by atoms with Gasteiger partial charge in [0.1, 0.15) is 22.9 Å². The van der Waals surface area contributed by atoms with Crippen LogP contribution in [-0.2, 0) is 16.9 Å². The second-order valence-corrected chi connectivity index (χ2v) is 12.8. The molecule has 0 fully saturated rings. The van der Waals surface area contributed by atoms with Crippen LogP contribution < -0.4 is 0 Å². The van der Waals surface area contributed by atoms with Crippen molar-refractivity contribution in [3.05, 3.63) is 168 Å². The molecule has 0 bridgehead atoms. The molecule has 5 aromatic carbocycles. The van der Waals surface area contributed by atoms with E-state index < -0.39 is 28.6 Å². The fourth-order valence-electron chi connectivity index (χ4n) is 6.51. The molecule has 7 aromatic rings. The minimum Gasteiger partial charge on any atom is -0.481 e. The molecule has 7 rings (SSSR count). The average Bonchev–Trinajstić information content (AvgIpc) is 3.74. The van der Waals surface area contributed by atoms with Gasteiger partial charge in [0, 0.05) is 18.3 Å². The highest BCUT2D eigenvalue weighted by atomic mass is 19.1. The Hall–Kier alpha value is -5.89. The maximum Gasteiger partial charge on any atom is 0.309 e. The van der Waals surface area contributed by atoms with Crippen LogP contribution in [-0.4, -0.2) is 30.4 Å². The fraction of sp³-hybridized carbons (Fsp3) is 0.146. The Morgan fingerprint density at radius 1 is 0.755 bits per heavy atom. The van der Waals surface area contributed by atoms with Crippen LogP contribution in [0, 0.1) is 17.0 Å². The molecule has 0 unspecified atom stereocenters. The molecule has 0 atom stereocenters. The Balaban J connectivity index is 1.51. The van der Waals surface area contributed by atoms with Crippen molar-refractivity contribution in [2.75, 3.05) is 0 Å². The highest BCUT2D eigenvalue weighted by molar-refractivity contribution is 5.87. The number of fused-ring (bicyclic) bond motifs is 1. The molecule has 0 saturated heterocycles. The lowest BCUT2D eigenvalue weighted by Gasteiger charge is -2.36. The van der Waals surface area contributed by atoms with Crippen molar-refractivity contribution in [1.82, 2.24) is 19.3 Å². The van der Waals surface area contributed by atoms with Gasteiger partial charge in [-0.2, -0.15) is 5.10 Å². The zero-order valence-corrected chi connectivity index (χ0v) is 27.1. The predicted octanol–water partition coefficient (Wildman–Crippen LogP) is 9.19. The van der Waals surface area contributed by atoms with Gasteiger partial charge in [0.15, 0.2) is 0 Å². The summed E-state index contributed by atoms with van der Waals surface area (Å²) in [6.45, 7) is 3.82. The molecule has 0 aliphatic heterocycles. The van der Waals surface area contributed by atoms with Crippen molar-refractivity contribution in [3.63, 3.8) is 0 Å². The lowest BCUT2D eigenvalue weighted by Crippen LogP contribution is -2.38. The lowest BCUT2D eigenvalue weighted by molar-refractivity contribution is -0.147. The summed E-state index contributed by atoms with van der Waals surface area (Å²) < 4.78 is 35.1. The van der Waals surface area contributed by atoms with Gasteiger partial charge in [0.25, 0.3) is 0 Å². The molecular formula is C41H34F2N4O2. The molecule has 2 heterocycles. The van der Waals surface area contributed by atoms with E-state index in [1.165, 1.54) is 18.2 Å². The molecule has 0 saturated carbocycles. The zero-order valence-electron chi connectivity index (χ0n) is 27.1. The second kappa shape index (κ2) is 12.6. The van der Waals surface area contributed by atoms with E-state index in [4.69, 9.17) is 5.10 Å². The Morgan fingerprint density at radius 3 is 1.84 bits per heavy atom. The summed E-state index contributed by atoms with van der Waals surface area (Å²) in [5.74, 6) is -2.32. The number of nitrogens with zero attached hydrogens (tertiary/aromatic N) is 4. The molecule has 0 amide bonds. The highest BCUT2D eigenvalue weighted by Gasteiger charge is 2.40. The van der Waals surface area contributed by atoms with Crippen LogP contribution in [0.15, 0.2) is 140 Å². The van der Waals surface area contributed by atoms with E-state index >= 15 is 8.78 Å². The van der Waals surface area contributed by atoms with Gasteiger partial charge in [-0.15, -0.1) is 0 Å². The van der Waals surface area contributed by atoms with E-state index in [0.717, 1.165) is 27.7 Å². The molecule has 49 heavy (non-hydrogen) atoms. The summed E-state index contributed by atoms with van der Waals surface area (Å²) in [6, 6.07) is 39.4. The summed E-state index contributed by atoms with van der Waals surface area (Å²) in [6.07, 6.45) is 3.94. The largest absolute Gasteiger partial charge is 0.481 e. The van der Waals surface area contributed by atoms with Crippen LogP contribution >= 0.6 is 0 Å². The normalized spacial score (nSPS) is 12.0. The third-order valence-corrected chi connectivity index (χ3v) is 9.32. The van der Waals surface area contributed by atoms with Gasteiger partial charge in [0.2, 0.25) is 0 Å². The van der Waals surface area contributed by atoms with Crippen molar-refractivity contribution in [2.24, 2.45) is 5.41 Å². The van der Waals surface area contributed by atoms with Gasteiger partial charge in [-0.25, -0.2) is 13.8 Å². The van der Waals surface area contributed by atoms with E-state index in [1.807, 2.05) is 125 Å². The Morgan fingerprint density at radius 2 is 1.31 bits per heavy atom. The number of carboxylic acids is 1. The van der Waals surface area contributed by atoms with Gasteiger partial charge in [-0.1, -0.05) is 103 Å².